The molecule has 1 aromatic heterocycles. The molecule has 1 unspecified atom stereocenters. The van der Waals surface area contributed by atoms with E-state index in [4.69, 9.17) is 4.74 Å². The molecule has 0 saturated carbocycles. The summed E-state index contributed by atoms with van der Waals surface area (Å²) in [6.45, 7) is 5.20. The Morgan fingerprint density at radius 3 is 2.64 bits per heavy atom. The van der Waals surface area contributed by atoms with Crippen LogP contribution in [-0.2, 0) is 17.8 Å². The molecule has 138 valence electrons. The lowest BCUT2D eigenvalue weighted by Crippen LogP contribution is -2.41. The van der Waals surface area contributed by atoms with Crippen molar-refractivity contribution in [3.8, 4) is 0 Å². The summed E-state index contributed by atoms with van der Waals surface area (Å²) < 4.78 is 5.67. The molecular formula is C19H28IN3OS. The van der Waals surface area contributed by atoms with E-state index in [9.17, 15) is 0 Å². The zero-order chi connectivity index (χ0) is 17.0. The van der Waals surface area contributed by atoms with Crippen molar-refractivity contribution in [1.29, 1.82) is 0 Å². The lowest BCUT2D eigenvalue weighted by Gasteiger charge is -2.15. The van der Waals surface area contributed by atoms with Gasteiger partial charge in [0.25, 0.3) is 0 Å². The third-order valence-corrected chi connectivity index (χ3v) is 4.52. The molecule has 0 fully saturated rings. The van der Waals surface area contributed by atoms with Gasteiger partial charge in [-0.2, -0.15) is 0 Å². The first-order valence-corrected chi connectivity index (χ1v) is 9.24. The molecule has 0 radical (unpaired) electrons. The Balaban J connectivity index is 0.00000312. The number of ether oxygens (including phenoxy) is 1. The van der Waals surface area contributed by atoms with E-state index in [-0.39, 0.29) is 24.0 Å². The van der Waals surface area contributed by atoms with Crippen LogP contribution in [0.5, 0.6) is 0 Å². The molecule has 0 saturated heterocycles. The van der Waals surface area contributed by atoms with Gasteiger partial charge in [0.1, 0.15) is 0 Å². The molecule has 1 atom stereocenters. The van der Waals surface area contributed by atoms with Crippen molar-refractivity contribution in [2.45, 2.75) is 20.0 Å². The summed E-state index contributed by atoms with van der Waals surface area (Å²) >= 11 is 1.82. The zero-order valence-corrected chi connectivity index (χ0v) is 18.1. The first kappa shape index (κ1) is 21.9. The summed E-state index contributed by atoms with van der Waals surface area (Å²) in [5, 5.41) is 8.79. The average Bonchev–Trinajstić information content (AvgIpc) is 3.11. The van der Waals surface area contributed by atoms with Crippen LogP contribution in [0.2, 0.25) is 0 Å². The topological polar surface area (TPSA) is 45.7 Å². The number of aliphatic imine (C=N–C) groups is 1. The van der Waals surface area contributed by atoms with Crippen molar-refractivity contribution in [3.05, 3.63) is 58.3 Å². The fourth-order valence-electron chi connectivity index (χ4n) is 2.34. The molecule has 0 bridgehead atoms. The van der Waals surface area contributed by atoms with E-state index in [2.05, 4.69) is 52.2 Å². The molecule has 4 nitrogen and oxygen atoms in total. The molecule has 0 aliphatic heterocycles. The van der Waals surface area contributed by atoms with Gasteiger partial charge in [-0.3, -0.25) is 4.99 Å². The number of rotatable bonds is 9. The first-order valence-electron chi connectivity index (χ1n) is 8.36. The normalized spacial score (nSPS) is 12.3. The van der Waals surface area contributed by atoms with Crippen LogP contribution in [0.25, 0.3) is 0 Å². The number of hydrogen-bond acceptors (Lipinski definition) is 3. The molecular weight excluding hydrogens is 445 g/mol. The Bertz CT molecular complexity index is 590. The molecule has 2 N–H and O–H groups in total. The predicted octanol–water partition coefficient (Wildman–Crippen LogP) is 3.93. The van der Waals surface area contributed by atoms with Gasteiger partial charge < -0.3 is 15.4 Å². The largest absolute Gasteiger partial charge is 0.375 e. The van der Waals surface area contributed by atoms with E-state index >= 15 is 0 Å². The Morgan fingerprint density at radius 1 is 1.16 bits per heavy atom. The summed E-state index contributed by atoms with van der Waals surface area (Å²) in [4.78, 5) is 5.69. The summed E-state index contributed by atoms with van der Waals surface area (Å²) in [5.74, 6) is 1.40. The second kappa shape index (κ2) is 13.1. The third kappa shape index (κ3) is 9.23. The van der Waals surface area contributed by atoms with Crippen LogP contribution < -0.4 is 10.6 Å². The lowest BCUT2D eigenvalue weighted by atomic mass is 10.1. The van der Waals surface area contributed by atoms with Gasteiger partial charge in [0.05, 0.1) is 13.2 Å². The molecule has 6 heteroatoms. The minimum Gasteiger partial charge on any atom is -0.375 e. The molecule has 0 aliphatic rings. The van der Waals surface area contributed by atoms with Gasteiger partial charge >= 0.3 is 0 Å². The van der Waals surface area contributed by atoms with Gasteiger partial charge in [-0.05, 0) is 29.3 Å². The van der Waals surface area contributed by atoms with Crippen LogP contribution in [0.4, 0.5) is 0 Å². The van der Waals surface area contributed by atoms with Crippen LogP contribution in [0.3, 0.4) is 0 Å². The monoisotopic (exact) mass is 473 g/mol. The average molecular weight is 473 g/mol. The molecule has 25 heavy (non-hydrogen) atoms. The van der Waals surface area contributed by atoms with E-state index in [1.807, 2.05) is 29.5 Å². The SMILES string of the molecule is CN=C(NCCOCc1ccccc1)NCC(C)Cc1cccs1.I. The smallest absolute Gasteiger partial charge is 0.191 e. The molecule has 0 amide bonds. The van der Waals surface area contributed by atoms with Crippen molar-refractivity contribution in [2.24, 2.45) is 10.9 Å². The highest BCUT2D eigenvalue weighted by Gasteiger charge is 2.06. The highest BCUT2D eigenvalue weighted by atomic mass is 127. The van der Waals surface area contributed by atoms with Crippen molar-refractivity contribution < 1.29 is 4.74 Å². The van der Waals surface area contributed by atoms with Crippen LogP contribution >= 0.6 is 35.3 Å². The van der Waals surface area contributed by atoms with Gasteiger partial charge in [0.15, 0.2) is 5.96 Å². The number of benzene rings is 1. The van der Waals surface area contributed by atoms with Crippen LogP contribution in [0, 0.1) is 5.92 Å². The number of thiophene rings is 1. The molecule has 2 rings (SSSR count). The first-order chi connectivity index (χ1) is 11.8. The zero-order valence-electron chi connectivity index (χ0n) is 14.9. The Hall–Kier alpha value is -1.12. The summed E-state index contributed by atoms with van der Waals surface area (Å²) in [6, 6.07) is 14.5. The number of halogens is 1. The number of hydrogen-bond donors (Lipinski definition) is 2. The minimum atomic E-state index is 0. The summed E-state index contributed by atoms with van der Waals surface area (Å²) in [5.41, 5.74) is 1.20. The van der Waals surface area contributed by atoms with Crippen molar-refractivity contribution >= 4 is 41.3 Å². The third-order valence-electron chi connectivity index (χ3n) is 3.62. The van der Waals surface area contributed by atoms with Crippen molar-refractivity contribution in [2.75, 3.05) is 26.7 Å². The maximum atomic E-state index is 5.67. The number of nitrogens with one attached hydrogen (secondary N) is 2. The number of nitrogens with zero attached hydrogens (tertiary/aromatic N) is 1. The second-order valence-corrected chi connectivity index (χ2v) is 6.84. The maximum Gasteiger partial charge on any atom is 0.191 e. The highest BCUT2D eigenvalue weighted by Crippen LogP contribution is 2.13. The minimum absolute atomic E-state index is 0. The van der Waals surface area contributed by atoms with Crippen LogP contribution in [0.1, 0.15) is 17.4 Å². The summed E-state index contributed by atoms with van der Waals surface area (Å²) in [7, 11) is 1.80. The Kier molecular flexibility index (Phi) is 11.5. The van der Waals surface area contributed by atoms with Gasteiger partial charge in [0, 0.05) is 25.0 Å². The summed E-state index contributed by atoms with van der Waals surface area (Å²) in [6.07, 6.45) is 1.10. The molecule has 0 spiro atoms. The van der Waals surface area contributed by atoms with Gasteiger partial charge in [-0.25, -0.2) is 0 Å². The second-order valence-electron chi connectivity index (χ2n) is 5.81. The van der Waals surface area contributed by atoms with Gasteiger partial charge in [0.2, 0.25) is 0 Å². The molecule has 1 aromatic carbocycles. The lowest BCUT2D eigenvalue weighted by molar-refractivity contribution is 0.125. The van der Waals surface area contributed by atoms with E-state index in [0.717, 1.165) is 25.5 Å². The number of guanidine groups is 1. The maximum absolute atomic E-state index is 5.67. The van der Waals surface area contributed by atoms with E-state index in [0.29, 0.717) is 19.1 Å². The van der Waals surface area contributed by atoms with Gasteiger partial charge in [-0.1, -0.05) is 43.3 Å². The fraction of sp³-hybridized carbons (Fsp3) is 0.421. The highest BCUT2D eigenvalue weighted by molar-refractivity contribution is 14.0. The van der Waals surface area contributed by atoms with Gasteiger partial charge in [-0.15, -0.1) is 35.3 Å². The van der Waals surface area contributed by atoms with Crippen LogP contribution in [0.15, 0.2) is 52.8 Å². The quantitative estimate of drug-likeness (QED) is 0.251. The Labute approximate surface area is 172 Å². The van der Waals surface area contributed by atoms with E-state index in [1.54, 1.807) is 7.05 Å². The van der Waals surface area contributed by atoms with E-state index in [1.165, 1.54) is 10.4 Å². The standard InChI is InChI=1S/C19H27N3OS.HI/c1-16(13-18-9-6-12-24-18)14-22-19(20-2)21-10-11-23-15-17-7-4-3-5-8-17;/h3-9,12,16H,10-11,13-15H2,1-2H3,(H2,20,21,22);1H. The van der Waals surface area contributed by atoms with Crippen LogP contribution in [-0.4, -0.2) is 32.7 Å². The van der Waals surface area contributed by atoms with Crippen molar-refractivity contribution in [3.63, 3.8) is 0 Å². The molecule has 0 aliphatic carbocycles. The molecule has 1 heterocycles. The Morgan fingerprint density at radius 2 is 1.96 bits per heavy atom. The fourth-order valence-corrected chi connectivity index (χ4v) is 3.21. The van der Waals surface area contributed by atoms with E-state index < -0.39 is 0 Å². The van der Waals surface area contributed by atoms with Crippen molar-refractivity contribution in [1.82, 2.24) is 10.6 Å². The molecule has 2 aromatic rings. The predicted molar refractivity (Wildman–Crippen MR) is 118 cm³/mol.